The first kappa shape index (κ1) is 14.8. The molecule has 0 saturated carbocycles. The third kappa shape index (κ3) is 3.50. The molecule has 0 aliphatic carbocycles. The zero-order chi connectivity index (χ0) is 15.6. The highest BCUT2D eigenvalue weighted by Crippen LogP contribution is 2.23. The van der Waals surface area contributed by atoms with Crippen LogP contribution in [0.5, 0.6) is 0 Å². The Morgan fingerprint density at radius 3 is 2.62 bits per heavy atom. The Morgan fingerprint density at radius 1 is 1.29 bits per heavy atom. The number of hydrogen-bond acceptors (Lipinski definition) is 6. The van der Waals surface area contributed by atoms with Gasteiger partial charge in [0.2, 0.25) is 0 Å². The molecule has 0 radical (unpaired) electrons. The van der Waals surface area contributed by atoms with Crippen LogP contribution >= 0.6 is 0 Å². The molecule has 0 spiro atoms. The smallest absolute Gasteiger partial charge is 0.412 e. The van der Waals surface area contributed by atoms with Crippen LogP contribution in [0.3, 0.4) is 0 Å². The number of nitrogens with one attached hydrogen (secondary N) is 1. The standard InChI is InChI=1S/C14H16N2O5/c1-14(2,3)20-13(18)15-8-5-6-9-10(7-8)21-16-11(9)12(17)19-4/h5-7H,1-4H3,(H,15,18). The quantitative estimate of drug-likeness (QED) is 0.856. The molecule has 0 saturated heterocycles. The maximum Gasteiger partial charge on any atom is 0.412 e. The average Bonchev–Trinajstić information content (AvgIpc) is 2.78. The lowest BCUT2D eigenvalue weighted by Gasteiger charge is -2.19. The highest BCUT2D eigenvalue weighted by atomic mass is 16.6. The molecule has 0 unspecified atom stereocenters. The van der Waals surface area contributed by atoms with Crippen molar-refractivity contribution < 1.29 is 23.6 Å². The fraction of sp³-hybridized carbons (Fsp3) is 0.357. The molecule has 0 aliphatic rings. The van der Waals surface area contributed by atoms with E-state index in [1.807, 2.05) is 0 Å². The third-order valence-corrected chi connectivity index (χ3v) is 2.50. The van der Waals surface area contributed by atoms with Gasteiger partial charge in [0.15, 0.2) is 11.3 Å². The summed E-state index contributed by atoms with van der Waals surface area (Å²) in [4.78, 5) is 23.1. The Labute approximate surface area is 121 Å². The van der Waals surface area contributed by atoms with E-state index in [2.05, 4.69) is 15.2 Å². The molecule has 2 aromatic rings. The van der Waals surface area contributed by atoms with Gasteiger partial charge in [0, 0.05) is 11.8 Å². The molecule has 1 aromatic heterocycles. The van der Waals surface area contributed by atoms with Crippen molar-refractivity contribution in [3.8, 4) is 0 Å². The second kappa shape index (κ2) is 5.43. The number of carbonyl (C=O) groups excluding carboxylic acids is 2. The number of esters is 1. The third-order valence-electron chi connectivity index (χ3n) is 2.50. The molecule has 7 nitrogen and oxygen atoms in total. The van der Waals surface area contributed by atoms with Gasteiger partial charge in [0.05, 0.1) is 12.5 Å². The summed E-state index contributed by atoms with van der Waals surface area (Å²) >= 11 is 0. The molecule has 1 heterocycles. The first-order valence-electron chi connectivity index (χ1n) is 6.28. The molecule has 7 heteroatoms. The molecule has 2 rings (SSSR count). The van der Waals surface area contributed by atoms with Crippen molar-refractivity contribution >= 4 is 28.7 Å². The minimum absolute atomic E-state index is 0.0938. The summed E-state index contributed by atoms with van der Waals surface area (Å²) in [5, 5.41) is 6.74. The Bertz CT molecular complexity index is 684. The number of fused-ring (bicyclic) bond motifs is 1. The van der Waals surface area contributed by atoms with Gasteiger partial charge in [-0.05, 0) is 32.9 Å². The second-order valence-electron chi connectivity index (χ2n) is 5.36. The van der Waals surface area contributed by atoms with E-state index in [0.29, 0.717) is 16.7 Å². The summed E-state index contributed by atoms with van der Waals surface area (Å²) in [6.07, 6.45) is -0.574. The van der Waals surface area contributed by atoms with E-state index in [0.717, 1.165) is 0 Å². The van der Waals surface area contributed by atoms with Gasteiger partial charge >= 0.3 is 12.1 Å². The number of ether oxygens (including phenoxy) is 2. The fourth-order valence-electron chi connectivity index (χ4n) is 1.68. The maximum absolute atomic E-state index is 11.7. The van der Waals surface area contributed by atoms with Crippen LogP contribution in [0.1, 0.15) is 31.3 Å². The van der Waals surface area contributed by atoms with Gasteiger partial charge in [-0.1, -0.05) is 5.16 Å². The van der Waals surface area contributed by atoms with Crippen LogP contribution in [0.2, 0.25) is 0 Å². The van der Waals surface area contributed by atoms with Gasteiger partial charge < -0.3 is 14.0 Å². The zero-order valence-electron chi connectivity index (χ0n) is 12.2. The van der Waals surface area contributed by atoms with Crippen molar-refractivity contribution in [2.45, 2.75) is 26.4 Å². The number of rotatable bonds is 2. The minimum atomic E-state index is -0.585. The SMILES string of the molecule is COC(=O)c1noc2cc(NC(=O)OC(C)(C)C)ccc12. The van der Waals surface area contributed by atoms with Crippen LogP contribution in [-0.2, 0) is 9.47 Å². The summed E-state index contributed by atoms with van der Waals surface area (Å²) in [5.74, 6) is -0.582. The predicted molar refractivity (Wildman–Crippen MR) is 75.2 cm³/mol. The molecule has 0 atom stereocenters. The van der Waals surface area contributed by atoms with Crippen molar-refractivity contribution in [1.82, 2.24) is 5.16 Å². The van der Waals surface area contributed by atoms with Crippen LogP contribution in [0.4, 0.5) is 10.5 Å². The van der Waals surface area contributed by atoms with E-state index < -0.39 is 17.7 Å². The van der Waals surface area contributed by atoms with E-state index in [4.69, 9.17) is 9.26 Å². The van der Waals surface area contributed by atoms with E-state index in [9.17, 15) is 9.59 Å². The molecule has 112 valence electrons. The van der Waals surface area contributed by atoms with E-state index in [-0.39, 0.29) is 5.69 Å². The van der Waals surface area contributed by atoms with Crippen LogP contribution in [0, 0.1) is 0 Å². The Hall–Kier alpha value is -2.57. The van der Waals surface area contributed by atoms with Crippen LogP contribution < -0.4 is 5.32 Å². The molecule has 0 bridgehead atoms. The number of aromatic nitrogens is 1. The number of methoxy groups -OCH3 is 1. The first-order chi connectivity index (χ1) is 9.80. The van der Waals surface area contributed by atoms with Crippen LogP contribution in [0.25, 0.3) is 11.0 Å². The summed E-state index contributed by atoms with van der Waals surface area (Å²) in [6.45, 7) is 5.32. The number of benzene rings is 1. The molecule has 1 N–H and O–H groups in total. The van der Waals surface area contributed by atoms with Gasteiger partial charge in [-0.3, -0.25) is 5.32 Å². The fourth-order valence-corrected chi connectivity index (χ4v) is 1.68. The zero-order valence-corrected chi connectivity index (χ0v) is 12.2. The monoisotopic (exact) mass is 292 g/mol. The van der Waals surface area contributed by atoms with Crippen molar-refractivity contribution in [2.75, 3.05) is 12.4 Å². The number of amides is 1. The Morgan fingerprint density at radius 2 is 2.00 bits per heavy atom. The number of anilines is 1. The van der Waals surface area contributed by atoms with Gasteiger partial charge in [-0.15, -0.1) is 0 Å². The highest BCUT2D eigenvalue weighted by Gasteiger charge is 2.19. The van der Waals surface area contributed by atoms with Gasteiger partial charge in [-0.2, -0.15) is 0 Å². The van der Waals surface area contributed by atoms with Gasteiger partial charge in [0.1, 0.15) is 5.60 Å². The average molecular weight is 292 g/mol. The van der Waals surface area contributed by atoms with Crippen molar-refractivity contribution in [2.24, 2.45) is 0 Å². The summed E-state index contributed by atoms with van der Waals surface area (Å²) in [7, 11) is 1.27. The second-order valence-corrected chi connectivity index (χ2v) is 5.36. The lowest BCUT2D eigenvalue weighted by atomic mass is 10.2. The topological polar surface area (TPSA) is 90.7 Å². The molecular formula is C14H16N2O5. The molecule has 1 amide bonds. The van der Waals surface area contributed by atoms with E-state index in [1.165, 1.54) is 7.11 Å². The molecule has 21 heavy (non-hydrogen) atoms. The Balaban J connectivity index is 2.21. The van der Waals surface area contributed by atoms with Crippen molar-refractivity contribution in [3.05, 3.63) is 23.9 Å². The van der Waals surface area contributed by atoms with Crippen molar-refractivity contribution in [1.29, 1.82) is 0 Å². The van der Waals surface area contributed by atoms with Crippen molar-refractivity contribution in [3.63, 3.8) is 0 Å². The minimum Gasteiger partial charge on any atom is -0.464 e. The normalized spacial score (nSPS) is 11.2. The summed E-state index contributed by atoms with van der Waals surface area (Å²) in [5.41, 5.74) is 0.350. The lowest BCUT2D eigenvalue weighted by molar-refractivity contribution is 0.0589. The van der Waals surface area contributed by atoms with E-state index >= 15 is 0 Å². The lowest BCUT2D eigenvalue weighted by Crippen LogP contribution is -2.27. The van der Waals surface area contributed by atoms with Crippen LogP contribution in [-0.4, -0.2) is 29.9 Å². The largest absolute Gasteiger partial charge is 0.464 e. The predicted octanol–water partition coefficient (Wildman–Crippen LogP) is 2.96. The van der Waals surface area contributed by atoms with Crippen LogP contribution in [0.15, 0.2) is 22.7 Å². The molecule has 0 aliphatic heterocycles. The van der Waals surface area contributed by atoms with Gasteiger partial charge in [-0.25, -0.2) is 9.59 Å². The Kier molecular flexibility index (Phi) is 3.84. The maximum atomic E-state index is 11.7. The number of nitrogens with zero attached hydrogens (tertiary/aromatic N) is 1. The molecular weight excluding hydrogens is 276 g/mol. The molecule has 0 fully saturated rings. The number of carbonyl (C=O) groups is 2. The van der Waals surface area contributed by atoms with E-state index in [1.54, 1.807) is 39.0 Å². The summed E-state index contributed by atoms with van der Waals surface area (Å²) < 4.78 is 14.8. The number of hydrogen-bond donors (Lipinski definition) is 1. The highest BCUT2D eigenvalue weighted by molar-refractivity contribution is 6.02. The first-order valence-corrected chi connectivity index (χ1v) is 6.28. The van der Waals surface area contributed by atoms with Gasteiger partial charge in [0.25, 0.3) is 0 Å². The summed E-state index contributed by atoms with van der Waals surface area (Å²) in [6, 6.07) is 4.79. The molecule has 1 aromatic carbocycles.